The lowest BCUT2D eigenvalue weighted by Gasteiger charge is -2.06. The number of rotatable bonds is 4. The van der Waals surface area contributed by atoms with Crippen LogP contribution in [0.2, 0.25) is 0 Å². The van der Waals surface area contributed by atoms with Crippen LogP contribution in [0.5, 0.6) is 0 Å². The zero-order chi connectivity index (χ0) is 6.41. The molecule has 2 nitrogen and oxygen atoms in total. The summed E-state index contributed by atoms with van der Waals surface area (Å²) in [7, 11) is 1.62. The number of methoxy groups -OCH3 is 1. The maximum Gasteiger partial charge on any atom is 0.122 e. The largest absolute Gasteiger partial charge is 0.381 e. The van der Waals surface area contributed by atoms with Crippen molar-refractivity contribution in [1.82, 2.24) is 0 Å². The van der Waals surface area contributed by atoms with Crippen molar-refractivity contribution in [2.75, 3.05) is 7.11 Å². The molecule has 0 rings (SSSR count). The third kappa shape index (κ3) is 2.75. The van der Waals surface area contributed by atoms with E-state index in [1.807, 2.05) is 6.92 Å². The van der Waals surface area contributed by atoms with Crippen LogP contribution in [0.15, 0.2) is 0 Å². The van der Waals surface area contributed by atoms with Crippen LogP contribution in [0.3, 0.4) is 0 Å². The van der Waals surface area contributed by atoms with E-state index in [4.69, 9.17) is 4.74 Å². The van der Waals surface area contributed by atoms with Gasteiger partial charge in [-0.05, 0) is 6.42 Å². The fourth-order valence-corrected chi connectivity index (χ4v) is 0.537. The monoisotopic (exact) mass is 116 g/mol. The SMILES string of the molecule is CC[C@@H](CC=O)OC. The standard InChI is InChI=1S/C6H12O2/c1-3-6(8-2)4-5-7/h5-6H,3-4H2,1-2H3/t6-/m0/s1. The van der Waals surface area contributed by atoms with Gasteiger partial charge in [-0.1, -0.05) is 6.92 Å². The molecule has 0 spiro atoms. The van der Waals surface area contributed by atoms with Crippen molar-refractivity contribution >= 4 is 6.29 Å². The molecule has 0 radical (unpaired) electrons. The molecular weight excluding hydrogens is 104 g/mol. The molecule has 0 saturated carbocycles. The molecule has 48 valence electrons. The Hall–Kier alpha value is -0.370. The van der Waals surface area contributed by atoms with Gasteiger partial charge in [-0.2, -0.15) is 0 Å². The van der Waals surface area contributed by atoms with Crippen LogP contribution in [-0.2, 0) is 9.53 Å². The highest BCUT2D eigenvalue weighted by Crippen LogP contribution is 1.97. The van der Waals surface area contributed by atoms with Crippen molar-refractivity contribution in [3.8, 4) is 0 Å². The van der Waals surface area contributed by atoms with E-state index < -0.39 is 0 Å². The van der Waals surface area contributed by atoms with Crippen LogP contribution in [0.4, 0.5) is 0 Å². The molecule has 0 aliphatic rings. The summed E-state index contributed by atoms with van der Waals surface area (Å²) in [5, 5.41) is 0. The third-order valence-corrected chi connectivity index (χ3v) is 1.15. The number of aldehydes is 1. The molecule has 0 bridgehead atoms. The summed E-state index contributed by atoms with van der Waals surface area (Å²) in [5.41, 5.74) is 0. The molecule has 0 fully saturated rings. The molecule has 1 atom stereocenters. The van der Waals surface area contributed by atoms with E-state index in [-0.39, 0.29) is 6.10 Å². The number of carbonyl (C=O) groups is 1. The van der Waals surface area contributed by atoms with Gasteiger partial charge in [-0.3, -0.25) is 0 Å². The van der Waals surface area contributed by atoms with Gasteiger partial charge >= 0.3 is 0 Å². The highest BCUT2D eigenvalue weighted by Gasteiger charge is 1.99. The van der Waals surface area contributed by atoms with E-state index in [0.29, 0.717) is 6.42 Å². The van der Waals surface area contributed by atoms with Gasteiger partial charge in [0.1, 0.15) is 6.29 Å². The maximum absolute atomic E-state index is 9.85. The van der Waals surface area contributed by atoms with Crippen molar-refractivity contribution in [3.63, 3.8) is 0 Å². The predicted octanol–water partition coefficient (Wildman–Crippen LogP) is 1.00. The average molecular weight is 116 g/mol. The van der Waals surface area contributed by atoms with Crippen molar-refractivity contribution in [3.05, 3.63) is 0 Å². The smallest absolute Gasteiger partial charge is 0.122 e. The number of hydrogen-bond donors (Lipinski definition) is 0. The summed E-state index contributed by atoms with van der Waals surface area (Å²) in [4.78, 5) is 9.85. The minimum absolute atomic E-state index is 0.132. The molecule has 0 unspecified atom stereocenters. The molecule has 8 heavy (non-hydrogen) atoms. The number of hydrogen-bond acceptors (Lipinski definition) is 2. The molecule has 0 aromatic heterocycles. The molecular formula is C6H12O2. The lowest BCUT2D eigenvalue weighted by Crippen LogP contribution is -2.08. The van der Waals surface area contributed by atoms with Crippen LogP contribution in [-0.4, -0.2) is 19.5 Å². The molecule has 0 aromatic carbocycles. The Labute approximate surface area is 49.8 Å². The molecule has 0 aliphatic carbocycles. The zero-order valence-corrected chi connectivity index (χ0v) is 5.39. The second-order valence-electron chi connectivity index (χ2n) is 1.67. The Balaban J connectivity index is 3.20. The van der Waals surface area contributed by atoms with Crippen molar-refractivity contribution in [2.45, 2.75) is 25.9 Å². The van der Waals surface area contributed by atoms with Gasteiger partial charge in [0, 0.05) is 13.5 Å². The first-order valence-electron chi connectivity index (χ1n) is 2.81. The fraction of sp³-hybridized carbons (Fsp3) is 0.833. The first kappa shape index (κ1) is 7.63. The first-order chi connectivity index (χ1) is 3.85. The van der Waals surface area contributed by atoms with Crippen LogP contribution < -0.4 is 0 Å². The lowest BCUT2D eigenvalue weighted by molar-refractivity contribution is -0.110. The Morgan fingerprint density at radius 3 is 2.50 bits per heavy atom. The quantitative estimate of drug-likeness (QED) is 0.512. The lowest BCUT2D eigenvalue weighted by atomic mass is 10.2. The Morgan fingerprint density at radius 1 is 1.75 bits per heavy atom. The van der Waals surface area contributed by atoms with E-state index >= 15 is 0 Å². The number of carbonyl (C=O) groups excluding carboxylic acids is 1. The highest BCUT2D eigenvalue weighted by atomic mass is 16.5. The van der Waals surface area contributed by atoms with Crippen LogP contribution in [0, 0.1) is 0 Å². The highest BCUT2D eigenvalue weighted by molar-refractivity contribution is 5.50. The average Bonchev–Trinajstić information content (AvgIpc) is 1.83. The summed E-state index contributed by atoms with van der Waals surface area (Å²) in [6.07, 6.45) is 2.45. The predicted molar refractivity (Wildman–Crippen MR) is 31.8 cm³/mol. The van der Waals surface area contributed by atoms with Gasteiger partial charge in [0.25, 0.3) is 0 Å². The molecule has 2 heteroatoms. The molecule has 0 aromatic rings. The van der Waals surface area contributed by atoms with E-state index in [2.05, 4.69) is 0 Å². The summed E-state index contributed by atoms with van der Waals surface area (Å²) in [6, 6.07) is 0. The van der Waals surface area contributed by atoms with E-state index in [1.165, 1.54) is 0 Å². The fourth-order valence-electron chi connectivity index (χ4n) is 0.537. The minimum Gasteiger partial charge on any atom is -0.381 e. The first-order valence-corrected chi connectivity index (χ1v) is 2.81. The van der Waals surface area contributed by atoms with Crippen molar-refractivity contribution in [2.24, 2.45) is 0 Å². The minimum atomic E-state index is 0.132. The molecule has 0 amide bonds. The Bertz CT molecular complexity index is 57.5. The van der Waals surface area contributed by atoms with Gasteiger partial charge in [0.05, 0.1) is 6.10 Å². The van der Waals surface area contributed by atoms with Crippen LogP contribution in [0.1, 0.15) is 19.8 Å². The Kier molecular flexibility index (Phi) is 4.56. The van der Waals surface area contributed by atoms with Gasteiger partial charge < -0.3 is 9.53 Å². The summed E-state index contributed by atoms with van der Waals surface area (Å²) >= 11 is 0. The second-order valence-corrected chi connectivity index (χ2v) is 1.67. The van der Waals surface area contributed by atoms with Gasteiger partial charge in [0.2, 0.25) is 0 Å². The third-order valence-electron chi connectivity index (χ3n) is 1.15. The van der Waals surface area contributed by atoms with Gasteiger partial charge in [0.15, 0.2) is 0 Å². The van der Waals surface area contributed by atoms with Crippen molar-refractivity contribution < 1.29 is 9.53 Å². The molecule has 0 heterocycles. The van der Waals surface area contributed by atoms with Crippen LogP contribution in [0.25, 0.3) is 0 Å². The van der Waals surface area contributed by atoms with E-state index in [9.17, 15) is 4.79 Å². The van der Waals surface area contributed by atoms with E-state index in [0.717, 1.165) is 12.7 Å². The second kappa shape index (κ2) is 4.78. The summed E-state index contributed by atoms with van der Waals surface area (Å²) < 4.78 is 4.91. The topological polar surface area (TPSA) is 26.3 Å². The van der Waals surface area contributed by atoms with Crippen LogP contribution >= 0.6 is 0 Å². The van der Waals surface area contributed by atoms with Crippen molar-refractivity contribution in [1.29, 1.82) is 0 Å². The van der Waals surface area contributed by atoms with Gasteiger partial charge in [-0.25, -0.2) is 0 Å². The Morgan fingerprint density at radius 2 is 2.38 bits per heavy atom. The molecule has 0 saturated heterocycles. The normalized spacial score (nSPS) is 13.2. The van der Waals surface area contributed by atoms with Gasteiger partial charge in [-0.15, -0.1) is 0 Å². The maximum atomic E-state index is 9.85. The zero-order valence-electron chi connectivity index (χ0n) is 5.39. The van der Waals surface area contributed by atoms with E-state index in [1.54, 1.807) is 7.11 Å². The summed E-state index contributed by atoms with van der Waals surface area (Å²) in [6.45, 7) is 2.00. The number of ether oxygens (including phenoxy) is 1. The molecule has 0 N–H and O–H groups in total. The summed E-state index contributed by atoms with van der Waals surface area (Å²) in [5.74, 6) is 0. The molecule has 0 aliphatic heterocycles.